The van der Waals surface area contributed by atoms with E-state index in [1.165, 1.54) is 11.1 Å². The minimum absolute atomic E-state index is 0.0570. The molecule has 0 atom stereocenters. The van der Waals surface area contributed by atoms with E-state index in [0.29, 0.717) is 5.56 Å². The van der Waals surface area contributed by atoms with E-state index in [0.717, 1.165) is 17.2 Å². The summed E-state index contributed by atoms with van der Waals surface area (Å²) < 4.78 is 0. The van der Waals surface area contributed by atoms with Crippen LogP contribution in [0.5, 0.6) is 0 Å². The van der Waals surface area contributed by atoms with Gasteiger partial charge in [-0.3, -0.25) is 4.79 Å². The molecule has 0 aromatic heterocycles. The van der Waals surface area contributed by atoms with Gasteiger partial charge in [-0.05, 0) is 35.4 Å². The van der Waals surface area contributed by atoms with Gasteiger partial charge in [0.05, 0.1) is 0 Å². The number of benzene rings is 2. The van der Waals surface area contributed by atoms with Gasteiger partial charge in [-0.2, -0.15) is 0 Å². The minimum Gasteiger partial charge on any atom is -0.322 e. The third-order valence-corrected chi connectivity index (χ3v) is 5.24. The highest BCUT2D eigenvalue weighted by Crippen LogP contribution is 2.37. The smallest absolute Gasteiger partial charge is 0.255 e. The molecular formula is C15H13NOS2. The number of carbonyl (C=O) groups is 1. The Balaban J connectivity index is 1.78. The normalized spacial score (nSPS) is 13.7. The Hall–Kier alpha value is -1.39. The van der Waals surface area contributed by atoms with Crippen LogP contribution in [0.15, 0.2) is 48.5 Å². The van der Waals surface area contributed by atoms with Crippen molar-refractivity contribution in [1.82, 2.24) is 0 Å². The fourth-order valence-corrected chi connectivity index (χ4v) is 4.21. The Kier molecular flexibility index (Phi) is 3.80. The van der Waals surface area contributed by atoms with Crippen molar-refractivity contribution in [2.24, 2.45) is 0 Å². The number of carbonyl (C=O) groups excluding carboxylic acids is 1. The van der Waals surface area contributed by atoms with E-state index >= 15 is 0 Å². The van der Waals surface area contributed by atoms with Gasteiger partial charge in [0, 0.05) is 22.8 Å². The molecular weight excluding hydrogens is 274 g/mol. The second kappa shape index (κ2) is 5.72. The van der Waals surface area contributed by atoms with E-state index in [1.807, 2.05) is 58.0 Å². The Morgan fingerprint density at radius 1 is 0.947 bits per heavy atom. The lowest BCUT2D eigenvalue weighted by atomic mass is 10.1. The molecule has 1 N–H and O–H groups in total. The van der Waals surface area contributed by atoms with Crippen molar-refractivity contribution in [1.29, 1.82) is 0 Å². The predicted octanol–water partition coefficient (Wildman–Crippen LogP) is 4.33. The molecule has 0 spiro atoms. The summed E-state index contributed by atoms with van der Waals surface area (Å²) in [6.45, 7) is 0. The molecule has 19 heavy (non-hydrogen) atoms. The van der Waals surface area contributed by atoms with Gasteiger partial charge in [0.25, 0.3) is 5.91 Å². The lowest BCUT2D eigenvalue weighted by molar-refractivity contribution is 0.102. The summed E-state index contributed by atoms with van der Waals surface area (Å²) in [4.78, 5) is 12.1. The largest absolute Gasteiger partial charge is 0.322 e. The van der Waals surface area contributed by atoms with Crippen LogP contribution in [0.2, 0.25) is 0 Å². The predicted molar refractivity (Wildman–Crippen MR) is 83.4 cm³/mol. The Bertz CT molecular complexity index is 598. The average Bonchev–Trinajstić information content (AvgIpc) is 2.48. The van der Waals surface area contributed by atoms with Gasteiger partial charge in [0.1, 0.15) is 0 Å². The molecule has 0 saturated heterocycles. The zero-order valence-electron chi connectivity index (χ0n) is 10.3. The molecule has 0 fully saturated rings. The number of rotatable bonds is 2. The van der Waals surface area contributed by atoms with Crippen LogP contribution in [0.25, 0.3) is 0 Å². The highest BCUT2D eigenvalue weighted by atomic mass is 33.1. The third-order valence-electron chi connectivity index (χ3n) is 3.01. The van der Waals surface area contributed by atoms with E-state index in [-0.39, 0.29) is 5.91 Å². The molecule has 2 aromatic carbocycles. The van der Waals surface area contributed by atoms with Gasteiger partial charge in [-0.25, -0.2) is 0 Å². The number of fused-ring (bicyclic) bond motifs is 1. The van der Waals surface area contributed by atoms with Crippen LogP contribution in [0, 0.1) is 0 Å². The van der Waals surface area contributed by atoms with Crippen LogP contribution in [0.3, 0.4) is 0 Å². The van der Waals surface area contributed by atoms with Crippen molar-refractivity contribution in [2.75, 3.05) is 5.32 Å². The molecule has 0 saturated carbocycles. The van der Waals surface area contributed by atoms with Crippen molar-refractivity contribution >= 4 is 33.2 Å². The standard InChI is InChI=1S/C15H13NOS2/c17-15(11-4-2-1-3-5-11)16-14-7-6-12-9-18-19-10-13(12)8-14/h1-8H,9-10H2,(H,16,17). The maximum Gasteiger partial charge on any atom is 0.255 e. The van der Waals surface area contributed by atoms with Crippen LogP contribution < -0.4 is 5.32 Å². The van der Waals surface area contributed by atoms with Gasteiger partial charge >= 0.3 is 0 Å². The summed E-state index contributed by atoms with van der Waals surface area (Å²) in [5, 5.41) is 2.95. The topological polar surface area (TPSA) is 29.1 Å². The van der Waals surface area contributed by atoms with Crippen LogP contribution in [-0.2, 0) is 11.5 Å². The lowest BCUT2D eigenvalue weighted by Gasteiger charge is -2.16. The zero-order valence-corrected chi connectivity index (χ0v) is 11.9. The van der Waals surface area contributed by atoms with Crippen molar-refractivity contribution in [3.05, 3.63) is 65.2 Å². The maximum absolute atomic E-state index is 12.1. The molecule has 2 aromatic rings. The van der Waals surface area contributed by atoms with Crippen LogP contribution in [0.1, 0.15) is 21.5 Å². The monoisotopic (exact) mass is 287 g/mol. The molecule has 1 heterocycles. The van der Waals surface area contributed by atoms with Crippen molar-refractivity contribution in [3.63, 3.8) is 0 Å². The van der Waals surface area contributed by atoms with E-state index in [9.17, 15) is 4.79 Å². The van der Waals surface area contributed by atoms with Gasteiger partial charge in [-0.15, -0.1) is 0 Å². The molecule has 1 amide bonds. The summed E-state index contributed by atoms with van der Waals surface area (Å²) in [6.07, 6.45) is 0. The molecule has 0 aliphatic carbocycles. The summed E-state index contributed by atoms with van der Waals surface area (Å²) in [5.41, 5.74) is 4.27. The first kappa shape index (κ1) is 12.6. The Morgan fingerprint density at radius 2 is 1.68 bits per heavy atom. The van der Waals surface area contributed by atoms with Crippen molar-refractivity contribution < 1.29 is 4.79 Å². The number of nitrogens with one attached hydrogen (secondary N) is 1. The molecule has 3 rings (SSSR count). The first-order chi connectivity index (χ1) is 9.33. The minimum atomic E-state index is -0.0570. The van der Waals surface area contributed by atoms with E-state index < -0.39 is 0 Å². The zero-order chi connectivity index (χ0) is 13.1. The summed E-state index contributed by atoms with van der Waals surface area (Å²) >= 11 is 0. The third kappa shape index (κ3) is 2.96. The second-order valence-electron chi connectivity index (χ2n) is 4.33. The fourth-order valence-electron chi connectivity index (χ4n) is 1.98. The van der Waals surface area contributed by atoms with Crippen molar-refractivity contribution in [3.8, 4) is 0 Å². The van der Waals surface area contributed by atoms with Gasteiger partial charge in [0.2, 0.25) is 0 Å². The molecule has 0 unspecified atom stereocenters. The van der Waals surface area contributed by atoms with Crippen molar-refractivity contribution in [2.45, 2.75) is 11.5 Å². The van der Waals surface area contributed by atoms with E-state index in [2.05, 4.69) is 17.4 Å². The summed E-state index contributed by atoms with van der Waals surface area (Å²) in [7, 11) is 3.75. The van der Waals surface area contributed by atoms with Gasteiger partial charge in [0.15, 0.2) is 0 Å². The summed E-state index contributed by atoms with van der Waals surface area (Å²) in [5.74, 6) is 2.00. The molecule has 1 aliphatic heterocycles. The maximum atomic E-state index is 12.1. The highest BCUT2D eigenvalue weighted by Gasteiger charge is 2.11. The van der Waals surface area contributed by atoms with E-state index in [1.54, 1.807) is 0 Å². The lowest BCUT2D eigenvalue weighted by Crippen LogP contribution is -2.12. The molecule has 2 nitrogen and oxygen atoms in total. The van der Waals surface area contributed by atoms with E-state index in [4.69, 9.17) is 0 Å². The van der Waals surface area contributed by atoms with Crippen LogP contribution in [-0.4, -0.2) is 5.91 Å². The highest BCUT2D eigenvalue weighted by molar-refractivity contribution is 8.76. The Labute approximate surface area is 120 Å². The average molecular weight is 287 g/mol. The fraction of sp³-hybridized carbons (Fsp3) is 0.133. The first-order valence-electron chi connectivity index (χ1n) is 6.05. The van der Waals surface area contributed by atoms with Crippen LogP contribution >= 0.6 is 21.6 Å². The quantitative estimate of drug-likeness (QED) is 0.833. The van der Waals surface area contributed by atoms with Crippen LogP contribution in [0.4, 0.5) is 5.69 Å². The molecule has 4 heteroatoms. The summed E-state index contributed by atoms with van der Waals surface area (Å²) in [6, 6.07) is 15.5. The first-order valence-corrected chi connectivity index (χ1v) is 8.54. The molecule has 96 valence electrons. The SMILES string of the molecule is O=C(Nc1ccc2c(c1)CSSC2)c1ccccc1. The Morgan fingerprint density at radius 3 is 2.47 bits per heavy atom. The number of amides is 1. The number of hydrogen-bond donors (Lipinski definition) is 1. The number of hydrogen-bond acceptors (Lipinski definition) is 3. The molecule has 0 bridgehead atoms. The second-order valence-corrected chi connectivity index (χ2v) is 6.79. The number of anilines is 1. The van der Waals surface area contributed by atoms with Gasteiger partial charge in [-0.1, -0.05) is 45.9 Å². The molecule has 0 radical (unpaired) electrons. The molecule has 1 aliphatic rings. The van der Waals surface area contributed by atoms with Gasteiger partial charge < -0.3 is 5.32 Å².